The zero-order valence-electron chi connectivity index (χ0n) is 19.0. The van der Waals surface area contributed by atoms with Gasteiger partial charge in [-0.2, -0.15) is 0 Å². The molecule has 0 bridgehead atoms. The van der Waals surface area contributed by atoms with E-state index in [0.717, 1.165) is 11.3 Å². The number of imidazole rings is 1. The molecule has 2 heterocycles. The zero-order chi connectivity index (χ0) is 23.9. The minimum absolute atomic E-state index is 0.128. The average Bonchev–Trinajstić information content (AvgIpc) is 3.31. The van der Waals surface area contributed by atoms with E-state index in [1.54, 1.807) is 10.9 Å². The van der Waals surface area contributed by atoms with Gasteiger partial charge < -0.3 is 24.5 Å². The van der Waals surface area contributed by atoms with E-state index in [9.17, 15) is 5.11 Å². The number of aliphatic hydroxyl groups excluding tert-OH is 1. The van der Waals surface area contributed by atoms with Crippen LogP contribution in [-0.4, -0.2) is 37.3 Å². The van der Waals surface area contributed by atoms with Gasteiger partial charge in [0.05, 0.1) is 12.9 Å². The molecule has 5 rings (SSSR count). The Morgan fingerprint density at radius 3 is 2.26 bits per heavy atom. The molecule has 1 atom stereocenters. The van der Waals surface area contributed by atoms with Gasteiger partial charge in [-0.3, -0.25) is 0 Å². The smallest absolute Gasteiger partial charge is 0.165 e. The molecule has 8 heteroatoms. The number of anilines is 1. The Balaban J connectivity index is 1.16. The van der Waals surface area contributed by atoms with Crippen LogP contribution in [0.15, 0.2) is 97.6 Å². The number of hydrogen-bond donors (Lipinski definition) is 2. The Bertz CT molecular complexity index is 1360. The van der Waals surface area contributed by atoms with Crippen LogP contribution in [0.2, 0.25) is 0 Å². The summed E-state index contributed by atoms with van der Waals surface area (Å²) in [5.41, 5.74) is 2.45. The average molecular weight is 468 g/mol. The fourth-order valence-corrected chi connectivity index (χ4v) is 3.63. The molecule has 2 aromatic heterocycles. The maximum absolute atomic E-state index is 10.6. The van der Waals surface area contributed by atoms with Crippen molar-refractivity contribution in [2.24, 2.45) is 0 Å². The lowest BCUT2D eigenvalue weighted by Crippen LogP contribution is -2.23. The summed E-state index contributed by atoms with van der Waals surface area (Å²) in [6, 6.07) is 26.9. The van der Waals surface area contributed by atoms with Crippen molar-refractivity contribution >= 4 is 17.0 Å². The normalized spacial score (nSPS) is 11.8. The van der Waals surface area contributed by atoms with Crippen LogP contribution in [-0.2, 0) is 13.1 Å². The van der Waals surface area contributed by atoms with Gasteiger partial charge in [-0.15, -0.1) is 0 Å². The van der Waals surface area contributed by atoms with E-state index in [4.69, 9.17) is 9.47 Å². The van der Waals surface area contributed by atoms with Gasteiger partial charge in [0, 0.05) is 6.54 Å². The van der Waals surface area contributed by atoms with E-state index < -0.39 is 6.10 Å². The summed E-state index contributed by atoms with van der Waals surface area (Å²) in [4.78, 5) is 13.1. The summed E-state index contributed by atoms with van der Waals surface area (Å²) in [6.07, 6.45) is 2.41. The summed E-state index contributed by atoms with van der Waals surface area (Å²) in [5, 5.41) is 13.9. The molecule has 5 aromatic rings. The minimum Gasteiger partial charge on any atom is -0.491 e. The number of benzene rings is 3. The summed E-state index contributed by atoms with van der Waals surface area (Å²) < 4.78 is 13.4. The molecule has 176 valence electrons. The molecular formula is C27H25N5O3. The SMILES string of the molecule is O[C@H](COc1ccc(Oc2ccccc2)cc1)Cn1cnc2c(NCc3ccccc3)ncnc21. The van der Waals surface area contributed by atoms with Crippen molar-refractivity contribution in [2.45, 2.75) is 19.2 Å². The monoisotopic (exact) mass is 467 g/mol. The number of nitrogens with zero attached hydrogens (tertiary/aromatic N) is 4. The Labute approximate surface area is 202 Å². The number of aliphatic hydroxyl groups is 1. The number of para-hydroxylation sites is 1. The first-order valence-electron chi connectivity index (χ1n) is 11.3. The summed E-state index contributed by atoms with van der Waals surface area (Å²) in [5.74, 6) is 2.78. The van der Waals surface area contributed by atoms with Gasteiger partial charge in [0.15, 0.2) is 11.5 Å². The maximum Gasteiger partial charge on any atom is 0.165 e. The second kappa shape index (κ2) is 10.7. The third-order valence-corrected chi connectivity index (χ3v) is 5.36. The molecule has 0 fully saturated rings. The van der Waals surface area contributed by atoms with Crippen molar-refractivity contribution in [3.63, 3.8) is 0 Å². The predicted molar refractivity (Wildman–Crippen MR) is 134 cm³/mol. The molecule has 0 aliphatic rings. The van der Waals surface area contributed by atoms with E-state index in [0.29, 0.717) is 41.6 Å². The Morgan fingerprint density at radius 2 is 1.49 bits per heavy atom. The number of nitrogens with one attached hydrogen (secondary N) is 1. The minimum atomic E-state index is -0.747. The Morgan fingerprint density at radius 1 is 0.800 bits per heavy atom. The maximum atomic E-state index is 10.6. The molecule has 0 aliphatic heterocycles. The first-order chi connectivity index (χ1) is 17.2. The quantitative estimate of drug-likeness (QED) is 0.308. The van der Waals surface area contributed by atoms with Crippen LogP contribution < -0.4 is 14.8 Å². The van der Waals surface area contributed by atoms with E-state index in [1.807, 2.05) is 84.9 Å². The van der Waals surface area contributed by atoms with Crippen molar-refractivity contribution in [2.75, 3.05) is 11.9 Å². The second-order valence-electron chi connectivity index (χ2n) is 7.98. The molecule has 0 unspecified atom stereocenters. The second-order valence-corrected chi connectivity index (χ2v) is 7.98. The lowest BCUT2D eigenvalue weighted by Gasteiger charge is -2.14. The molecule has 2 N–H and O–H groups in total. The number of fused-ring (bicyclic) bond motifs is 1. The van der Waals surface area contributed by atoms with Crippen molar-refractivity contribution in [1.82, 2.24) is 19.5 Å². The molecule has 0 amide bonds. The molecule has 0 spiro atoms. The number of ether oxygens (including phenoxy) is 2. The van der Waals surface area contributed by atoms with Crippen molar-refractivity contribution < 1.29 is 14.6 Å². The van der Waals surface area contributed by atoms with Gasteiger partial charge in [-0.25, -0.2) is 15.0 Å². The molecule has 0 saturated heterocycles. The zero-order valence-corrected chi connectivity index (χ0v) is 19.0. The van der Waals surface area contributed by atoms with Crippen LogP contribution in [0.4, 0.5) is 5.82 Å². The van der Waals surface area contributed by atoms with Crippen LogP contribution in [0, 0.1) is 0 Å². The fraction of sp³-hybridized carbons (Fsp3) is 0.148. The molecule has 35 heavy (non-hydrogen) atoms. The molecule has 0 radical (unpaired) electrons. The van der Waals surface area contributed by atoms with Gasteiger partial charge in [0.25, 0.3) is 0 Å². The molecule has 3 aromatic carbocycles. The highest BCUT2D eigenvalue weighted by Gasteiger charge is 2.14. The summed E-state index contributed by atoms with van der Waals surface area (Å²) in [6.45, 7) is 1.05. The summed E-state index contributed by atoms with van der Waals surface area (Å²) in [7, 11) is 0. The van der Waals surface area contributed by atoms with Gasteiger partial charge in [0.1, 0.15) is 41.8 Å². The van der Waals surface area contributed by atoms with Crippen LogP contribution >= 0.6 is 0 Å². The first-order valence-corrected chi connectivity index (χ1v) is 11.3. The van der Waals surface area contributed by atoms with Crippen LogP contribution in [0.5, 0.6) is 17.2 Å². The van der Waals surface area contributed by atoms with E-state index in [1.165, 1.54) is 6.33 Å². The van der Waals surface area contributed by atoms with Crippen LogP contribution in [0.3, 0.4) is 0 Å². The highest BCUT2D eigenvalue weighted by atomic mass is 16.5. The molecule has 0 saturated carbocycles. The highest BCUT2D eigenvalue weighted by Crippen LogP contribution is 2.24. The fourth-order valence-electron chi connectivity index (χ4n) is 3.63. The van der Waals surface area contributed by atoms with Crippen LogP contribution in [0.1, 0.15) is 5.56 Å². The Kier molecular flexibility index (Phi) is 6.82. The van der Waals surface area contributed by atoms with Crippen molar-refractivity contribution in [1.29, 1.82) is 0 Å². The number of rotatable bonds is 10. The summed E-state index contributed by atoms with van der Waals surface area (Å²) >= 11 is 0. The van der Waals surface area contributed by atoms with Gasteiger partial charge in [0.2, 0.25) is 0 Å². The molecule has 8 nitrogen and oxygen atoms in total. The van der Waals surface area contributed by atoms with E-state index in [-0.39, 0.29) is 6.61 Å². The lowest BCUT2D eigenvalue weighted by atomic mass is 10.2. The molecular weight excluding hydrogens is 442 g/mol. The Hall–Kier alpha value is -4.43. The van der Waals surface area contributed by atoms with Gasteiger partial charge in [-0.1, -0.05) is 48.5 Å². The molecule has 0 aliphatic carbocycles. The van der Waals surface area contributed by atoms with E-state index >= 15 is 0 Å². The number of hydrogen-bond acceptors (Lipinski definition) is 7. The third kappa shape index (κ3) is 5.74. The third-order valence-electron chi connectivity index (χ3n) is 5.36. The standard InChI is InChI=1S/C27H25N5O3/c33-21(17-34-22-11-13-24(14-12-22)35-23-9-5-2-6-10-23)16-32-19-31-25-26(29-18-30-27(25)32)28-15-20-7-3-1-4-8-20/h1-14,18-19,21,33H,15-17H2,(H,28,29,30)/t21-/m0/s1. The highest BCUT2D eigenvalue weighted by molar-refractivity contribution is 5.82. The van der Waals surface area contributed by atoms with Crippen molar-refractivity contribution in [3.8, 4) is 17.2 Å². The van der Waals surface area contributed by atoms with Gasteiger partial charge in [-0.05, 0) is 42.0 Å². The van der Waals surface area contributed by atoms with E-state index in [2.05, 4.69) is 20.3 Å². The van der Waals surface area contributed by atoms with Crippen LogP contribution in [0.25, 0.3) is 11.2 Å². The van der Waals surface area contributed by atoms with Crippen molar-refractivity contribution in [3.05, 3.63) is 103 Å². The largest absolute Gasteiger partial charge is 0.491 e. The predicted octanol–water partition coefficient (Wildman–Crippen LogP) is 4.67. The first kappa shape index (κ1) is 22.4. The van der Waals surface area contributed by atoms with Gasteiger partial charge >= 0.3 is 0 Å². The topological polar surface area (TPSA) is 94.3 Å². The lowest BCUT2D eigenvalue weighted by molar-refractivity contribution is 0.0933. The number of aromatic nitrogens is 4.